The zero-order valence-electron chi connectivity index (χ0n) is 15.3. The van der Waals surface area contributed by atoms with Crippen molar-refractivity contribution < 1.29 is 13.9 Å². The van der Waals surface area contributed by atoms with E-state index in [0.717, 1.165) is 63.8 Å². The molecule has 0 aliphatic carbocycles. The molecule has 0 unspecified atom stereocenters. The van der Waals surface area contributed by atoms with Crippen LogP contribution >= 0.6 is 0 Å². The Morgan fingerprint density at radius 1 is 1.19 bits per heavy atom. The first-order valence-corrected chi connectivity index (χ1v) is 9.47. The van der Waals surface area contributed by atoms with Gasteiger partial charge in [-0.25, -0.2) is 4.98 Å². The van der Waals surface area contributed by atoms with Gasteiger partial charge in [0.1, 0.15) is 17.8 Å². The third-order valence-electron chi connectivity index (χ3n) is 5.10. The fourth-order valence-electron chi connectivity index (χ4n) is 3.54. The lowest BCUT2D eigenvalue weighted by Crippen LogP contribution is -2.44. The molecule has 1 amide bonds. The minimum Gasteiger partial charge on any atom is -0.467 e. The zero-order chi connectivity index (χ0) is 18.5. The molecule has 2 aliphatic heterocycles. The van der Waals surface area contributed by atoms with Gasteiger partial charge in [0.15, 0.2) is 0 Å². The summed E-state index contributed by atoms with van der Waals surface area (Å²) in [7, 11) is 0. The van der Waals surface area contributed by atoms with E-state index in [9.17, 15) is 4.79 Å². The van der Waals surface area contributed by atoms with Crippen LogP contribution in [0.4, 0.5) is 5.82 Å². The summed E-state index contributed by atoms with van der Waals surface area (Å²) in [6.07, 6.45) is 8.49. The quantitative estimate of drug-likeness (QED) is 0.848. The van der Waals surface area contributed by atoms with Crippen LogP contribution in [0.5, 0.6) is 0 Å². The Kier molecular flexibility index (Phi) is 5.64. The highest BCUT2D eigenvalue weighted by Gasteiger charge is 2.23. The van der Waals surface area contributed by atoms with E-state index in [0.29, 0.717) is 12.1 Å². The molecule has 0 bridgehead atoms. The van der Waals surface area contributed by atoms with Crippen LogP contribution in [0.25, 0.3) is 0 Å². The lowest BCUT2D eigenvalue weighted by Gasteiger charge is -2.32. The highest BCUT2D eigenvalue weighted by Crippen LogP contribution is 2.18. The number of furan rings is 1. The molecule has 0 aromatic carbocycles. The number of nitrogens with one attached hydrogen (secondary N) is 1. The second-order valence-electron chi connectivity index (χ2n) is 6.99. The van der Waals surface area contributed by atoms with Gasteiger partial charge in [-0.1, -0.05) is 0 Å². The molecular weight excluding hydrogens is 346 g/mol. The van der Waals surface area contributed by atoms with Crippen molar-refractivity contribution in [1.82, 2.24) is 20.2 Å². The normalized spacial score (nSPS) is 19.2. The Morgan fingerprint density at radius 3 is 2.74 bits per heavy atom. The predicted octanol–water partition coefficient (Wildman–Crippen LogP) is 1.30. The van der Waals surface area contributed by atoms with Gasteiger partial charge < -0.3 is 19.4 Å². The smallest absolute Gasteiger partial charge is 0.254 e. The van der Waals surface area contributed by atoms with Crippen LogP contribution in [0, 0.1) is 0 Å². The molecule has 8 heteroatoms. The lowest BCUT2D eigenvalue weighted by atomic mass is 10.0. The molecule has 4 heterocycles. The van der Waals surface area contributed by atoms with E-state index >= 15 is 0 Å². The zero-order valence-corrected chi connectivity index (χ0v) is 15.3. The Hall–Kier alpha value is -2.45. The highest BCUT2D eigenvalue weighted by molar-refractivity contribution is 5.94. The van der Waals surface area contributed by atoms with Crippen LogP contribution in [0.3, 0.4) is 0 Å². The largest absolute Gasteiger partial charge is 0.467 e. The van der Waals surface area contributed by atoms with Crippen LogP contribution in [-0.2, 0) is 11.3 Å². The predicted molar refractivity (Wildman–Crippen MR) is 99.5 cm³/mol. The number of hydrogen-bond acceptors (Lipinski definition) is 7. The van der Waals surface area contributed by atoms with Crippen LogP contribution in [0.15, 0.2) is 35.3 Å². The molecule has 8 nitrogen and oxygen atoms in total. The maximum absolute atomic E-state index is 12.5. The summed E-state index contributed by atoms with van der Waals surface area (Å²) in [5, 5.41) is 3.13. The Balaban J connectivity index is 1.26. The molecule has 2 aromatic heterocycles. The average molecular weight is 371 g/mol. The summed E-state index contributed by atoms with van der Waals surface area (Å²) in [4.78, 5) is 25.5. The molecular formula is C19H25N5O3. The fourth-order valence-corrected chi connectivity index (χ4v) is 3.54. The summed E-state index contributed by atoms with van der Waals surface area (Å²) in [5.74, 6) is 1.65. The Morgan fingerprint density at radius 2 is 2.00 bits per heavy atom. The summed E-state index contributed by atoms with van der Waals surface area (Å²) >= 11 is 0. The number of hydrogen-bond donors (Lipinski definition) is 1. The number of nitrogens with zero attached hydrogens (tertiary/aromatic N) is 4. The van der Waals surface area contributed by atoms with E-state index in [1.807, 2.05) is 6.07 Å². The lowest BCUT2D eigenvalue weighted by molar-refractivity contribution is 0.0313. The third kappa shape index (κ3) is 4.64. The summed E-state index contributed by atoms with van der Waals surface area (Å²) in [6, 6.07) is 2.02. The molecule has 2 saturated heterocycles. The van der Waals surface area contributed by atoms with Crippen molar-refractivity contribution in [2.75, 3.05) is 44.3 Å². The van der Waals surface area contributed by atoms with E-state index in [1.54, 1.807) is 24.9 Å². The van der Waals surface area contributed by atoms with Gasteiger partial charge in [-0.2, -0.15) is 0 Å². The molecule has 0 atom stereocenters. The van der Waals surface area contributed by atoms with Gasteiger partial charge >= 0.3 is 0 Å². The topological polar surface area (TPSA) is 83.7 Å². The highest BCUT2D eigenvalue weighted by atomic mass is 16.5. The Bertz CT molecular complexity index is 737. The molecule has 2 aromatic rings. The standard InChI is InChI=1S/C19H25N5O3/c25-19(15-11-17(27-14-15)13-23-7-9-26-10-8-23)22-16-1-5-24(6-2-16)18-12-20-3-4-21-18/h3-4,11-12,14,16H,1-2,5-10,13H2,(H,22,25). The van der Waals surface area contributed by atoms with Gasteiger partial charge in [0.2, 0.25) is 0 Å². The van der Waals surface area contributed by atoms with Crippen LogP contribution in [-0.4, -0.2) is 66.2 Å². The van der Waals surface area contributed by atoms with E-state index in [4.69, 9.17) is 9.15 Å². The van der Waals surface area contributed by atoms with Crippen molar-refractivity contribution in [2.45, 2.75) is 25.4 Å². The van der Waals surface area contributed by atoms with Gasteiger partial charge in [0, 0.05) is 44.6 Å². The number of aromatic nitrogens is 2. The second-order valence-corrected chi connectivity index (χ2v) is 6.99. The van der Waals surface area contributed by atoms with Crippen molar-refractivity contribution in [1.29, 1.82) is 0 Å². The first-order chi connectivity index (χ1) is 13.3. The molecule has 27 heavy (non-hydrogen) atoms. The van der Waals surface area contributed by atoms with Crippen molar-refractivity contribution in [3.05, 3.63) is 42.2 Å². The number of rotatable bonds is 5. The summed E-state index contributed by atoms with van der Waals surface area (Å²) in [6.45, 7) is 5.73. The number of piperidine rings is 1. The SMILES string of the molecule is O=C(NC1CCN(c2cnccn2)CC1)c1coc(CN2CCOCC2)c1. The van der Waals surface area contributed by atoms with E-state index in [-0.39, 0.29) is 11.9 Å². The number of amides is 1. The van der Waals surface area contributed by atoms with Crippen LogP contribution < -0.4 is 10.2 Å². The molecule has 0 spiro atoms. The third-order valence-corrected chi connectivity index (χ3v) is 5.10. The Labute approximate surface area is 158 Å². The number of carbonyl (C=O) groups is 1. The number of morpholine rings is 1. The molecule has 1 N–H and O–H groups in total. The monoisotopic (exact) mass is 371 g/mol. The number of ether oxygens (including phenoxy) is 1. The van der Waals surface area contributed by atoms with Gasteiger partial charge in [0.25, 0.3) is 5.91 Å². The minimum atomic E-state index is -0.0649. The average Bonchev–Trinajstić information content (AvgIpc) is 3.19. The van der Waals surface area contributed by atoms with Gasteiger partial charge in [0.05, 0.1) is 31.5 Å². The minimum absolute atomic E-state index is 0.0649. The van der Waals surface area contributed by atoms with Crippen molar-refractivity contribution >= 4 is 11.7 Å². The maximum Gasteiger partial charge on any atom is 0.254 e. The molecule has 144 valence electrons. The fraction of sp³-hybridized carbons (Fsp3) is 0.526. The van der Waals surface area contributed by atoms with Crippen molar-refractivity contribution in [3.8, 4) is 0 Å². The number of carbonyl (C=O) groups excluding carboxylic acids is 1. The first-order valence-electron chi connectivity index (χ1n) is 9.47. The van der Waals surface area contributed by atoms with Crippen LogP contribution in [0.2, 0.25) is 0 Å². The van der Waals surface area contributed by atoms with Gasteiger partial charge in [-0.15, -0.1) is 0 Å². The molecule has 4 rings (SSSR count). The summed E-state index contributed by atoms with van der Waals surface area (Å²) < 4.78 is 10.9. The van der Waals surface area contributed by atoms with Crippen LogP contribution in [0.1, 0.15) is 29.0 Å². The molecule has 0 saturated carbocycles. The first kappa shape index (κ1) is 17.9. The molecule has 2 aliphatic rings. The number of anilines is 1. The van der Waals surface area contributed by atoms with E-state index < -0.39 is 0 Å². The van der Waals surface area contributed by atoms with Gasteiger partial charge in [-0.3, -0.25) is 14.7 Å². The second kappa shape index (κ2) is 8.49. The van der Waals surface area contributed by atoms with Crippen molar-refractivity contribution in [3.63, 3.8) is 0 Å². The maximum atomic E-state index is 12.5. The van der Waals surface area contributed by atoms with E-state index in [1.165, 1.54) is 0 Å². The molecule has 2 fully saturated rings. The molecule has 0 radical (unpaired) electrons. The van der Waals surface area contributed by atoms with Crippen molar-refractivity contribution in [2.24, 2.45) is 0 Å². The van der Waals surface area contributed by atoms with E-state index in [2.05, 4.69) is 25.1 Å². The van der Waals surface area contributed by atoms with Gasteiger partial charge in [-0.05, 0) is 18.9 Å². The summed E-state index contributed by atoms with van der Waals surface area (Å²) in [5.41, 5.74) is 0.592.